The molecule has 2 saturated heterocycles. The third-order valence-corrected chi connectivity index (χ3v) is 5.95. The number of piperidine rings is 1. The lowest BCUT2D eigenvalue weighted by Crippen LogP contribution is -2.39. The van der Waals surface area contributed by atoms with Gasteiger partial charge in [0.05, 0.1) is 25.4 Å². The van der Waals surface area contributed by atoms with Crippen LogP contribution >= 0.6 is 24.0 Å². The zero-order valence-corrected chi connectivity index (χ0v) is 21.4. The van der Waals surface area contributed by atoms with E-state index in [0.29, 0.717) is 25.4 Å². The van der Waals surface area contributed by atoms with Crippen LogP contribution < -0.4 is 15.5 Å². The van der Waals surface area contributed by atoms with Gasteiger partial charge in [-0.1, -0.05) is 13.0 Å². The lowest BCUT2D eigenvalue weighted by Gasteiger charge is -2.30. The summed E-state index contributed by atoms with van der Waals surface area (Å²) in [6.45, 7) is 12.9. The molecule has 0 saturated carbocycles. The number of anilines is 1. The zero-order chi connectivity index (χ0) is 21.2. The number of hydrogen-bond donors (Lipinski definition) is 2. The largest absolute Gasteiger partial charge is 0.378 e. The summed E-state index contributed by atoms with van der Waals surface area (Å²) < 4.78 is 19.9. The summed E-state index contributed by atoms with van der Waals surface area (Å²) >= 11 is 0. The number of halogens is 2. The van der Waals surface area contributed by atoms with Gasteiger partial charge in [-0.2, -0.15) is 0 Å². The number of rotatable bonds is 8. The third kappa shape index (κ3) is 8.73. The van der Waals surface area contributed by atoms with Crippen LogP contribution in [0.1, 0.15) is 38.7 Å². The number of hydrogen-bond acceptors (Lipinski definition) is 4. The molecule has 0 unspecified atom stereocenters. The molecule has 2 fully saturated rings. The van der Waals surface area contributed by atoms with Crippen LogP contribution in [-0.4, -0.2) is 69.9 Å². The fraction of sp³-hybridized carbons (Fsp3) is 0.696. The van der Waals surface area contributed by atoms with Crippen molar-refractivity contribution in [3.8, 4) is 0 Å². The Morgan fingerprint density at radius 3 is 2.58 bits per heavy atom. The second-order valence-corrected chi connectivity index (χ2v) is 8.38. The van der Waals surface area contributed by atoms with Gasteiger partial charge in [-0.05, 0) is 69.4 Å². The Morgan fingerprint density at radius 1 is 1.16 bits per heavy atom. The van der Waals surface area contributed by atoms with Crippen molar-refractivity contribution in [1.29, 1.82) is 0 Å². The molecule has 1 aromatic rings. The molecule has 2 aliphatic heterocycles. The number of nitrogens with one attached hydrogen (secondary N) is 2. The first kappa shape index (κ1) is 26.1. The highest BCUT2D eigenvalue weighted by atomic mass is 127. The Kier molecular flexibility index (Phi) is 11.9. The third-order valence-electron chi connectivity index (χ3n) is 5.95. The van der Waals surface area contributed by atoms with Crippen molar-refractivity contribution in [3.05, 3.63) is 29.6 Å². The van der Waals surface area contributed by atoms with Gasteiger partial charge in [-0.3, -0.25) is 0 Å². The van der Waals surface area contributed by atoms with Crippen LogP contribution in [0.15, 0.2) is 23.2 Å². The van der Waals surface area contributed by atoms with Gasteiger partial charge in [0.25, 0.3) is 0 Å². The Bertz CT molecular complexity index is 676. The molecular formula is C23H39FIN5O. The van der Waals surface area contributed by atoms with Crippen molar-refractivity contribution in [2.24, 2.45) is 10.9 Å². The summed E-state index contributed by atoms with van der Waals surface area (Å²) in [6, 6.07) is 5.44. The maximum absolute atomic E-state index is 14.6. The highest BCUT2D eigenvalue weighted by Gasteiger charge is 2.16. The van der Waals surface area contributed by atoms with E-state index in [1.807, 2.05) is 17.0 Å². The van der Waals surface area contributed by atoms with Crippen LogP contribution in [0.25, 0.3) is 0 Å². The number of guanidine groups is 1. The number of aliphatic imine (C=N–C) groups is 1. The molecule has 0 radical (unpaired) electrons. The normalized spacial score (nSPS) is 18.5. The Labute approximate surface area is 204 Å². The predicted octanol–water partition coefficient (Wildman–Crippen LogP) is 3.46. The summed E-state index contributed by atoms with van der Waals surface area (Å²) in [4.78, 5) is 9.24. The molecular weight excluding hydrogens is 508 g/mol. The molecule has 0 aliphatic carbocycles. The smallest absolute Gasteiger partial charge is 0.191 e. The van der Waals surface area contributed by atoms with Crippen LogP contribution in [0, 0.1) is 11.7 Å². The second-order valence-electron chi connectivity index (χ2n) is 8.38. The van der Waals surface area contributed by atoms with E-state index in [4.69, 9.17) is 4.74 Å². The van der Waals surface area contributed by atoms with Crippen LogP contribution in [-0.2, 0) is 11.3 Å². The second kappa shape index (κ2) is 14.1. The van der Waals surface area contributed by atoms with Crippen molar-refractivity contribution >= 4 is 35.6 Å². The summed E-state index contributed by atoms with van der Waals surface area (Å²) in [5.41, 5.74) is 1.53. The van der Waals surface area contributed by atoms with Gasteiger partial charge in [0, 0.05) is 26.2 Å². The van der Waals surface area contributed by atoms with Crippen molar-refractivity contribution in [2.45, 2.75) is 39.7 Å². The quantitative estimate of drug-likeness (QED) is 0.226. The van der Waals surface area contributed by atoms with Crippen molar-refractivity contribution in [3.63, 3.8) is 0 Å². The maximum Gasteiger partial charge on any atom is 0.191 e. The number of nitrogens with zero attached hydrogens (tertiary/aromatic N) is 3. The van der Waals surface area contributed by atoms with Crippen molar-refractivity contribution in [2.75, 3.05) is 63.9 Å². The van der Waals surface area contributed by atoms with Crippen LogP contribution in [0.2, 0.25) is 0 Å². The van der Waals surface area contributed by atoms with Gasteiger partial charge in [0.1, 0.15) is 5.82 Å². The van der Waals surface area contributed by atoms with E-state index < -0.39 is 0 Å². The van der Waals surface area contributed by atoms with Gasteiger partial charge in [0.2, 0.25) is 0 Å². The number of likely N-dealkylation sites (tertiary alicyclic amines) is 1. The average molecular weight is 548 g/mol. The molecule has 0 spiro atoms. The highest BCUT2D eigenvalue weighted by Crippen LogP contribution is 2.22. The van der Waals surface area contributed by atoms with Gasteiger partial charge < -0.3 is 25.2 Å². The predicted molar refractivity (Wildman–Crippen MR) is 137 cm³/mol. The lowest BCUT2D eigenvalue weighted by molar-refractivity contribution is 0.122. The van der Waals surface area contributed by atoms with Gasteiger partial charge >= 0.3 is 0 Å². The molecule has 2 aliphatic rings. The molecule has 0 aromatic heterocycles. The summed E-state index contributed by atoms with van der Waals surface area (Å²) in [5, 5.41) is 6.70. The highest BCUT2D eigenvalue weighted by molar-refractivity contribution is 14.0. The first-order chi connectivity index (χ1) is 14.7. The molecule has 2 heterocycles. The minimum absolute atomic E-state index is 0. The monoisotopic (exact) mass is 547 g/mol. The SMILES string of the molecule is CCNC(=NCc1ccc(N2CCOCC2)c(F)c1)NCCCN1CCC(C)CC1.I. The fourth-order valence-electron chi connectivity index (χ4n) is 4.02. The van der Waals surface area contributed by atoms with Crippen LogP contribution in [0.4, 0.5) is 10.1 Å². The number of morpholine rings is 1. The molecule has 3 rings (SSSR count). The molecule has 6 nitrogen and oxygen atoms in total. The lowest BCUT2D eigenvalue weighted by atomic mass is 9.99. The Morgan fingerprint density at radius 2 is 1.90 bits per heavy atom. The molecule has 2 N–H and O–H groups in total. The van der Waals surface area contributed by atoms with Gasteiger partial charge in [-0.15, -0.1) is 24.0 Å². The van der Waals surface area contributed by atoms with Crippen molar-refractivity contribution in [1.82, 2.24) is 15.5 Å². The Hall–Kier alpha value is -1.13. The van der Waals surface area contributed by atoms with Crippen LogP contribution in [0.3, 0.4) is 0 Å². The van der Waals surface area contributed by atoms with E-state index in [1.54, 1.807) is 6.07 Å². The molecule has 8 heteroatoms. The van der Waals surface area contributed by atoms with Gasteiger partial charge in [0.15, 0.2) is 5.96 Å². The number of ether oxygens (including phenoxy) is 1. The number of benzene rings is 1. The average Bonchev–Trinajstić information content (AvgIpc) is 2.77. The molecule has 0 atom stereocenters. The summed E-state index contributed by atoms with van der Waals surface area (Å²) in [6.07, 6.45) is 3.73. The maximum atomic E-state index is 14.6. The summed E-state index contributed by atoms with van der Waals surface area (Å²) in [7, 11) is 0. The van der Waals surface area contributed by atoms with E-state index in [1.165, 1.54) is 25.9 Å². The topological polar surface area (TPSA) is 52.1 Å². The van der Waals surface area contributed by atoms with E-state index in [2.05, 4.69) is 34.4 Å². The Balaban J connectivity index is 0.00000341. The zero-order valence-electron chi connectivity index (χ0n) is 19.0. The van der Waals surface area contributed by atoms with E-state index in [0.717, 1.165) is 56.6 Å². The fourth-order valence-corrected chi connectivity index (χ4v) is 4.02. The first-order valence-electron chi connectivity index (χ1n) is 11.5. The minimum atomic E-state index is -0.182. The van der Waals surface area contributed by atoms with Gasteiger partial charge in [-0.25, -0.2) is 9.38 Å². The molecule has 31 heavy (non-hydrogen) atoms. The molecule has 176 valence electrons. The van der Waals surface area contributed by atoms with E-state index in [9.17, 15) is 4.39 Å². The molecule has 1 aromatic carbocycles. The minimum Gasteiger partial charge on any atom is -0.378 e. The van der Waals surface area contributed by atoms with E-state index in [-0.39, 0.29) is 29.8 Å². The van der Waals surface area contributed by atoms with Crippen LogP contribution in [0.5, 0.6) is 0 Å². The first-order valence-corrected chi connectivity index (χ1v) is 11.5. The summed E-state index contributed by atoms with van der Waals surface area (Å²) in [5.74, 6) is 1.49. The standard InChI is InChI=1S/C23H38FN5O.HI/c1-3-25-23(26-9-4-10-28-11-7-19(2)8-12-28)27-18-20-5-6-22(21(24)17-20)29-13-15-30-16-14-29;/h5-6,17,19H,3-4,7-16,18H2,1-2H3,(H2,25,26,27);1H. The van der Waals surface area contributed by atoms with E-state index >= 15 is 0 Å². The molecule has 0 bridgehead atoms. The molecule has 0 amide bonds. The van der Waals surface area contributed by atoms with Crippen molar-refractivity contribution < 1.29 is 9.13 Å².